The molecule has 0 unspecified atom stereocenters. The van der Waals surface area contributed by atoms with E-state index in [2.05, 4.69) is 40.5 Å². The quantitative estimate of drug-likeness (QED) is 0.0532. The van der Waals surface area contributed by atoms with Gasteiger partial charge in [-0.25, -0.2) is 43.7 Å². The Morgan fingerprint density at radius 1 is 0.591 bits per heavy atom. The molecule has 0 saturated heterocycles. The Labute approximate surface area is 489 Å². The molecule has 0 amide bonds. The summed E-state index contributed by atoms with van der Waals surface area (Å²) in [4.78, 5) is 11.6. The summed E-state index contributed by atoms with van der Waals surface area (Å²) in [6, 6.07) is 13.3. The minimum absolute atomic E-state index is 0. The van der Waals surface area contributed by atoms with E-state index in [1.54, 1.807) is 0 Å². The Balaban J connectivity index is 0.00000436. The summed E-state index contributed by atoms with van der Waals surface area (Å²) in [6.45, 7) is 0. The molecular formula is C31H18ClN8Na5O16S5. The van der Waals surface area contributed by atoms with Crippen molar-refractivity contribution >= 4 is 107 Å². The van der Waals surface area contributed by atoms with Crippen LogP contribution in [0.4, 0.5) is 34.1 Å². The summed E-state index contributed by atoms with van der Waals surface area (Å²) in [5, 5.41) is 22.9. The molecule has 0 radical (unpaired) electrons. The molecule has 0 saturated carbocycles. The fraction of sp³-hybridized carbons (Fsp3) is 0. The first-order valence-corrected chi connectivity index (χ1v) is 23.2. The minimum atomic E-state index is -5.40. The zero-order valence-corrected chi connectivity index (χ0v) is 49.1. The zero-order chi connectivity index (χ0) is 44.9. The first kappa shape index (κ1) is 63.0. The number of hydrogen-bond acceptors (Lipinski definition) is 21. The second kappa shape index (κ2) is 24.4. The molecule has 24 nitrogen and oxygen atoms in total. The molecule has 6 rings (SSSR count). The molecular weight excluding hydrogens is 1050 g/mol. The molecule has 4 N–H and O–H groups in total. The van der Waals surface area contributed by atoms with Crippen LogP contribution in [0.3, 0.4) is 0 Å². The molecule has 0 fully saturated rings. The van der Waals surface area contributed by atoms with Crippen LogP contribution in [0.15, 0.2) is 130 Å². The first-order valence-electron chi connectivity index (χ1n) is 15.8. The van der Waals surface area contributed by atoms with Crippen LogP contribution in [0.25, 0.3) is 10.8 Å². The van der Waals surface area contributed by atoms with Crippen LogP contribution < -0.4 is 169 Å². The molecule has 0 aliphatic rings. The average Bonchev–Trinajstić information content (AvgIpc) is 3.12. The van der Waals surface area contributed by atoms with Gasteiger partial charge in [0.25, 0.3) is 10.1 Å². The number of aromatic amines is 2. The number of anilines is 2. The number of nitrogens with one attached hydrogen (secondary N) is 3. The largest absolute Gasteiger partial charge is 1.00 e. The normalized spacial score (nSPS) is 12.6. The van der Waals surface area contributed by atoms with Crippen molar-refractivity contribution in [3.63, 3.8) is 0 Å². The number of rotatable bonds is 11. The van der Waals surface area contributed by atoms with Gasteiger partial charge in [0, 0.05) is 11.4 Å². The summed E-state index contributed by atoms with van der Waals surface area (Å²) in [5.74, 6) is -1.20. The Kier molecular flexibility index (Phi) is 23.3. The summed E-state index contributed by atoms with van der Waals surface area (Å²) >= 11 is 6.01. The van der Waals surface area contributed by atoms with Crippen LogP contribution in [0.2, 0.25) is 5.28 Å². The zero-order valence-electron chi connectivity index (χ0n) is 34.3. The summed E-state index contributed by atoms with van der Waals surface area (Å²) in [5.41, 5.74) is -3.95. The third kappa shape index (κ3) is 16.0. The summed E-state index contributed by atoms with van der Waals surface area (Å²) in [6.07, 6.45) is 0. The second-order valence-electron chi connectivity index (χ2n) is 12.0. The van der Waals surface area contributed by atoms with E-state index >= 15 is 0 Å². The van der Waals surface area contributed by atoms with E-state index in [-0.39, 0.29) is 176 Å². The van der Waals surface area contributed by atoms with Gasteiger partial charge in [0.15, 0.2) is 0 Å². The van der Waals surface area contributed by atoms with Crippen LogP contribution >= 0.6 is 11.6 Å². The third-order valence-corrected chi connectivity index (χ3v) is 12.3. The summed E-state index contributed by atoms with van der Waals surface area (Å²) < 4.78 is 176. The molecule has 0 spiro atoms. The SMILES string of the molecule is O=S(=O)([O-])c1cccc(Nc2ccc3cc(S(=O)(=O)O)c(N=Nc4cc(N=c5nc(Cl)[nH]c(=Nc6cc(S(=O)(=O)[O-])ccc6S(=O)(=O)[O-])[nH]5)ccc4S(=O)(=O)[O-])c([O-])c3c2)c1.[Na+].[Na+].[Na+].[Na+].[Na+]. The average molecular weight is 1070 g/mol. The monoisotopic (exact) mass is 1070 g/mol. The van der Waals surface area contributed by atoms with E-state index in [4.69, 9.17) is 11.6 Å². The number of fused-ring (bicyclic) bond motifs is 1. The van der Waals surface area contributed by atoms with E-state index in [1.165, 1.54) is 30.3 Å². The number of halogens is 1. The van der Waals surface area contributed by atoms with Crippen molar-refractivity contribution in [3.8, 4) is 5.75 Å². The van der Waals surface area contributed by atoms with Gasteiger partial charge >= 0.3 is 148 Å². The smallest absolute Gasteiger partial charge is 0.871 e. The molecule has 0 aliphatic heterocycles. The molecule has 35 heteroatoms. The van der Waals surface area contributed by atoms with Gasteiger partial charge < -0.3 is 33.6 Å². The van der Waals surface area contributed by atoms with Crippen LogP contribution in [0.5, 0.6) is 5.75 Å². The molecule has 0 atom stereocenters. The van der Waals surface area contributed by atoms with Crippen molar-refractivity contribution in [1.82, 2.24) is 15.0 Å². The van der Waals surface area contributed by atoms with Gasteiger partial charge in [-0.05, 0) is 95.2 Å². The number of azo groups is 1. The molecule has 66 heavy (non-hydrogen) atoms. The molecule has 5 aromatic carbocycles. The van der Waals surface area contributed by atoms with Gasteiger partial charge in [-0.1, -0.05) is 17.9 Å². The van der Waals surface area contributed by atoms with Gasteiger partial charge in [0.2, 0.25) is 16.5 Å². The maximum absolute atomic E-state index is 13.7. The van der Waals surface area contributed by atoms with Crippen LogP contribution in [-0.2, 0) is 50.6 Å². The van der Waals surface area contributed by atoms with Crippen molar-refractivity contribution in [2.24, 2.45) is 20.2 Å². The van der Waals surface area contributed by atoms with Gasteiger partial charge in [0.05, 0.1) is 36.6 Å². The number of nitrogens with zero attached hydrogens (tertiary/aromatic N) is 5. The predicted octanol–water partition coefficient (Wildman–Crippen LogP) is -12.9. The molecule has 6 aromatic rings. The van der Waals surface area contributed by atoms with Crippen molar-refractivity contribution < 1.29 is 218 Å². The van der Waals surface area contributed by atoms with Gasteiger partial charge in [-0.15, -0.1) is 10.2 Å². The van der Waals surface area contributed by atoms with E-state index in [0.29, 0.717) is 24.3 Å². The van der Waals surface area contributed by atoms with E-state index < -0.39 is 114 Å². The standard InChI is InChI=1S/C31H23ClN8O16S5.5Na/c32-29-36-30(38-31(37-29)35-22-14-20(58(45,46)47)7-9-24(22)59(48,49)50)34-18-6-8-25(60(51,52)53)23(13-18)39-40-27-26(61(54,55)56)10-15-4-5-17(12-21(15)28(27)41)33-16-2-1-3-19(11-16)57(42,43)44;;;;;/h1-14,33,41H,(H,42,43,44)(H,45,46,47)(H,48,49,50)(H,51,52,53)(H,54,55,56)(H2,34,35,36,37,38);;;;;/q;5*+1/p-5. The number of hydrogen-bond donors (Lipinski definition) is 4. The van der Waals surface area contributed by atoms with Gasteiger partial charge in [-0.2, -0.15) is 13.4 Å². The molecule has 1 heterocycles. The fourth-order valence-corrected chi connectivity index (χ4v) is 8.27. The summed E-state index contributed by atoms with van der Waals surface area (Å²) in [7, 11) is -26.0. The number of benzene rings is 5. The van der Waals surface area contributed by atoms with E-state index in [9.17, 15) is 70.0 Å². The molecule has 0 aliphatic carbocycles. The van der Waals surface area contributed by atoms with Crippen LogP contribution in [0.1, 0.15) is 0 Å². The van der Waals surface area contributed by atoms with Crippen molar-refractivity contribution in [2.75, 3.05) is 5.32 Å². The molecule has 320 valence electrons. The molecule has 0 bridgehead atoms. The molecule has 1 aromatic heterocycles. The number of H-pyrrole nitrogens is 2. The third-order valence-electron chi connectivity index (χ3n) is 7.80. The Bertz CT molecular complexity index is 3610. The Morgan fingerprint density at radius 3 is 1.76 bits per heavy atom. The maximum atomic E-state index is 13.7. The number of aromatic nitrogens is 3. The first-order chi connectivity index (χ1) is 28.2. The Morgan fingerprint density at radius 2 is 1.17 bits per heavy atom. The van der Waals surface area contributed by atoms with E-state index in [0.717, 1.165) is 30.3 Å². The minimum Gasteiger partial charge on any atom is -0.871 e. The van der Waals surface area contributed by atoms with Crippen LogP contribution in [0, 0.1) is 0 Å². The van der Waals surface area contributed by atoms with Gasteiger partial charge in [0.1, 0.15) is 51.1 Å². The van der Waals surface area contributed by atoms with Gasteiger partial charge in [-0.3, -0.25) is 9.54 Å². The topological polar surface area (TPSA) is 412 Å². The van der Waals surface area contributed by atoms with Crippen molar-refractivity contribution in [1.29, 1.82) is 0 Å². The Hall–Kier alpha value is -0.990. The maximum Gasteiger partial charge on any atom is 1.00 e. The van der Waals surface area contributed by atoms with Crippen LogP contribution in [-0.4, -0.2) is 79.8 Å². The van der Waals surface area contributed by atoms with Crippen molar-refractivity contribution in [3.05, 3.63) is 101 Å². The van der Waals surface area contributed by atoms with E-state index in [1.807, 2.05) is 0 Å². The van der Waals surface area contributed by atoms with Crippen molar-refractivity contribution in [2.45, 2.75) is 24.5 Å². The predicted molar refractivity (Wildman–Crippen MR) is 200 cm³/mol. The fourth-order valence-electron chi connectivity index (χ4n) is 5.25. The second-order valence-corrected chi connectivity index (χ2v) is 19.2.